The molecule has 0 radical (unpaired) electrons. The Bertz CT molecular complexity index is 512. The van der Waals surface area contributed by atoms with Crippen molar-refractivity contribution >= 4 is 46.0 Å². The summed E-state index contributed by atoms with van der Waals surface area (Å²) >= 11 is 8.06. The van der Waals surface area contributed by atoms with Crippen LogP contribution in [0, 0.1) is 3.57 Å². The van der Waals surface area contributed by atoms with E-state index in [0.29, 0.717) is 17.1 Å². The Balaban J connectivity index is 2.44. The molecule has 0 unspecified atom stereocenters. The van der Waals surface area contributed by atoms with Crippen LogP contribution in [-0.2, 0) is 4.79 Å². The van der Waals surface area contributed by atoms with E-state index in [4.69, 9.17) is 11.6 Å². The number of rotatable bonds is 4. The molecule has 0 aliphatic heterocycles. The van der Waals surface area contributed by atoms with Gasteiger partial charge in [-0.3, -0.25) is 9.59 Å². The molecule has 0 aromatic heterocycles. The predicted molar refractivity (Wildman–Crippen MR) is 89.0 cm³/mol. The number of amides is 2. The molecule has 4 nitrogen and oxygen atoms in total. The number of benzene rings is 1. The maximum atomic E-state index is 11.9. The molecule has 1 aromatic carbocycles. The van der Waals surface area contributed by atoms with Gasteiger partial charge in [-0.05, 0) is 61.6 Å². The van der Waals surface area contributed by atoms with E-state index in [9.17, 15) is 9.59 Å². The van der Waals surface area contributed by atoms with E-state index in [2.05, 4.69) is 33.2 Å². The Morgan fingerprint density at radius 2 is 1.95 bits per heavy atom. The van der Waals surface area contributed by atoms with Crippen LogP contribution in [0.25, 0.3) is 0 Å². The number of carbonyl (C=O) groups is 2. The Kier molecular flexibility index (Phi) is 6.26. The first kappa shape index (κ1) is 17.2. The summed E-state index contributed by atoms with van der Waals surface area (Å²) < 4.78 is 0.894. The van der Waals surface area contributed by atoms with Crippen LogP contribution in [0.1, 0.15) is 37.6 Å². The number of hydrogen-bond acceptors (Lipinski definition) is 2. The fourth-order valence-corrected chi connectivity index (χ4v) is 2.03. The molecule has 0 atom stereocenters. The summed E-state index contributed by atoms with van der Waals surface area (Å²) in [5.41, 5.74) is 0.233. The van der Waals surface area contributed by atoms with Crippen molar-refractivity contribution in [1.82, 2.24) is 10.6 Å². The van der Waals surface area contributed by atoms with Gasteiger partial charge in [0.2, 0.25) is 5.91 Å². The summed E-state index contributed by atoms with van der Waals surface area (Å²) in [6.07, 6.45) is 0.251. The zero-order valence-electron chi connectivity index (χ0n) is 11.7. The quantitative estimate of drug-likeness (QED) is 0.753. The zero-order chi connectivity index (χ0) is 15.3. The van der Waals surface area contributed by atoms with Crippen LogP contribution in [0.15, 0.2) is 18.2 Å². The molecule has 0 aliphatic carbocycles. The van der Waals surface area contributed by atoms with Gasteiger partial charge in [-0.25, -0.2) is 0 Å². The van der Waals surface area contributed by atoms with E-state index in [1.54, 1.807) is 18.2 Å². The third-order valence-corrected chi connectivity index (χ3v) is 3.91. The Morgan fingerprint density at radius 3 is 2.50 bits per heavy atom. The lowest BCUT2D eigenvalue weighted by molar-refractivity contribution is -0.122. The van der Waals surface area contributed by atoms with Gasteiger partial charge < -0.3 is 10.6 Å². The maximum Gasteiger partial charge on any atom is 0.251 e. The van der Waals surface area contributed by atoms with E-state index in [1.165, 1.54) is 0 Å². The topological polar surface area (TPSA) is 58.2 Å². The van der Waals surface area contributed by atoms with Crippen LogP contribution >= 0.6 is 34.2 Å². The van der Waals surface area contributed by atoms with E-state index in [0.717, 1.165) is 3.57 Å². The highest BCUT2D eigenvalue weighted by atomic mass is 127. The number of halogens is 2. The van der Waals surface area contributed by atoms with Crippen LogP contribution in [0.4, 0.5) is 0 Å². The third-order valence-electron chi connectivity index (χ3n) is 2.33. The van der Waals surface area contributed by atoms with Gasteiger partial charge in [0.25, 0.3) is 5.91 Å². The van der Waals surface area contributed by atoms with Crippen LogP contribution in [-0.4, -0.2) is 23.9 Å². The van der Waals surface area contributed by atoms with E-state index in [1.807, 2.05) is 20.8 Å². The van der Waals surface area contributed by atoms with Crippen molar-refractivity contribution in [1.29, 1.82) is 0 Å². The molecule has 2 amide bonds. The van der Waals surface area contributed by atoms with Gasteiger partial charge in [-0.15, -0.1) is 0 Å². The first-order valence-electron chi connectivity index (χ1n) is 6.23. The minimum atomic E-state index is -0.259. The molecular formula is C14H18ClIN2O2. The molecule has 0 fully saturated rings. The number of hydrogen-bond donors (Lipinski definition) is 2. The van der Waals surface area contributed by atoms with Gasteiger partial charge in [0.05, 0.1) is 5.02 Å². The molecule has 0 saturated carbocycles. The van der Waals surface area contributed by atoms with E-state index < -0.39 is 0 Å². The summed E-state index contributed by atoms with van der Waals surface area (Å²) in [6, 6.07) is 5.11. The third kappa shape index (κ3) is 6.09. The largest absolute Gasteiger partial charge is 0.352 e. The number of carbonyl (C=O) groups excluding carboxylic acids is 2. The number of nitrogens with one attached hydrogen (secondary N) is 2. The summed E-state index contributed by atoms with van der Waals surface area (Å²) in [5, 5.41) is 6.08. The van der Waals surface area contributed by atoms with Crippen LogP contribution in [0.5, 0.6) is 0 Å². The lowest BCUT2D eigenvalue weighted by Gasteiger charge is -2.20. The van der Waals surface area contributed by atoms with Gasteiger partial charge in [0, 0.05) is 27.6 Å². The first-order chi connectivity index (χ1) is 9.19. The molecule has 2 N–H and O–H groups in total. The SMILES string of the molecule is CC(C)(C)NC(=O)CCNC(=O)c1ccc(I)c(Cl)c1. The fourth-order valence-electron chi connectivity index (χ4n) is 1.51. The second-order valence-corrected chi connectivity index (χ2v) is 7.00. The van der Waals surface area contributed by atoms with Crippen molar-refractivity contribution in [3.63, 3.8) is 0 Å². The van der Waals surface area contributed by atoms with Crippen LogP contribution < -0.4 is 10.6 Å². The van der Waals surface area contributed by atoms with Crippen molar-refractivity contribution in [2.24, 2.45) is 0 Å². The summed E-state index contributed by atoms with van der Waals surface area (Å²) in [6.45, 7) is 6.04. The molecular weight excluding hydrogens is 391 g/mol. The predicted octanol–water partition coefficient (Wildman–Crippen LogP) is 2.98. The van der Waals surface area contributed by atoms with E-state index in [-0.39, 0.29) is 23.8 Å². The highest BCUT2D eigenvalue weighted by Gasteiger charge is 2.14. The van der Waals surface area contributed by atoms with Crippen molar-refractivity contribution in [3.05, 3.63) is 32.4 Å². The maximum absolute atomic E-state index is 11.9. The molecule has 20 heavy (non-hydrogen) atoms. The summed E-state index contributed by atoms with van der Waals surface area (Å²) in [5.74, 6) is -0.315. The van der Waals surface area contributed by atoms with Crippen molar-refractivity contribution in [2.75, 3.05) is 6.54 Å². The minimum absolute atomic E-state index is 0.0848. The summed E-state index contributed by atoms with van der Waals surface area (Å²) in [4.78, 5) is 23.5. The van der Waals surface area contributed by atoms with Crippen molar-refractivity contribution in [3.8, 4) is 0 Å². The molecule has 0 bridgehead atoms. The fraction of sp³-hybridized carbons (Fsp3) is 0.429. The summed E-state index contributed by atoms with van der Waals surface area (Å²) in [7, 11) is 0. The van der Waals surface area contributed by atoms with E-state index >= 15 is 0 Å². The molecule has 1 rings (SSSR count). The molecule has 110 valence electrons. The molecule has 0 aliphatic rings. The minimum Gasteiger partial charge on any atom is -0.352 e. The highest BCUT2D eigenvalue weighted by Crippen LogP contribution is 2.19. The van der Waals surface area contributed by atoms with Crippen LogP contribution in [0.3, 0.4) is 0 Å². The lowest BCUT2D eigenvalue weighted by atomic mass is 10.1. The normalized spacial score (nSPS) is 11.1. The van der Waals surface area contributed by atoms with Gasteiger partial charge >= 0.3 is 0 Å². The van der Waals surface area contributed by atoms with Crippen molar-refractivity contribution in [2.45, 2.75) is 32.7 Å². The Labute approximate surface area is 137 Å². The highest BCUT2D eigenvalue weighted by molar-refractivity contribution is 14.1. The lowest BCUT2D eigenvalue weighted by Crippen LogP contribution is -2.41. The molecule has 1 aromatic rings. The average Bonchev–Trinajstić information content (AvgIpc) is 2.30. The van der Waals surface area contributed by atoms with Crippen LogP contribution in [0.2, 0.25) is 5.02 Å². The monoisotopic (exact) mass is 408 g/mol. The van der Waals surface area contributed by atoms with Crippen molar-refractivity contribution < 1.29 is 9.59 Å². The standard InChI is InChI=1S/C14H18ClIN2O2/c1-14(2,3)18-12(19)6-7-17-13(20)9-4-5-11(16)10(15)8-9/h4-5,8H,6-7H2,1-3H3,(H,17,20)(H,18,19). The Hall–Kier alpha value is -0.820. The molecule has 6 heteroatoms. The second kappa shape index (κ2) is 7.26. The smallest absolute Gasteiger partial charge is 0.251 e. The first-order valence-corrected chi connectivity index (χ1v) is 7.69. The molecule has 0 saturated heterocycles. The second-order valence-electron chi connectivity index (χ2n) is 5.43. The van der Waals surface area contributed by atoms with Gasteiger partial charge in [0.1, 0.15) is 0 Å². The van der Waals surface area contributed by atoms with Gasteiger partial charge in [0.15, 0.2) is 0 Å². The van der Waals surface area contributed by atoms with Gasteiger partial charge in [-0.2, -0.15) is 0 Å². The zero-order valence-corrected chi connectivity index (χ0v) is 14.6. The Morgan fingerprint density at radius 1 is 1.30 bits per heavy atom. The van der Waals surface area contributed by atoms with Gasteiger partial charge in [-0.1, -0.05) is 11.6 Å². The molecule has 0 heterocycles. The average molecular weight is 409 g/mol. The molecule has 0 spiro atoms.